The predicted octanol–water partition coefficient (Wildman–Crippen LogP) is 1.06. The Hall–Kier alpha value is -1.02. The number of rotatable bonds is 1. The number of hydrogen-bond acceptors (Lipinski definition) is 3. The first-order valence-electron chi connectivity index (χ1n) is 7.69. The summed E-state index contributed by atoms with van der Waals surface area (Å²) in [7, 11) is 0. The highest BCUT2D eigenvalue weighted by molar-refractivity contribution is 6.01. The van der Waals surface area contributed by atoms with Crippen molar-refractivity contribution in [3.8, 4) is 0 Å². The van der Waals surface area contributed by atoms with E-state index in [0.717, 1.165) is 12.8 Å². The fraction of sp³-hybridized carbons (Fsp3) is 0.857. The summed E-state index contributed by atoms with van der Waals surface area (Å²) in [5.74, 6) is -1.51. The molecule has 3 N–H and O–H groups in total. The second-order valence-corrected chi connectivity index (χ2v) is 6.64. The Kier molecular flexibility index (Phi) is 5.15. The van der Waals surface area contributed by atoms with Gasteiger partial charge in [0.05, 0.1) is 0 Å². The number of carbonyl (C=O) groups is 2. The number of halogens is 4. The van der Waals surface area contributed by atoms with Crippen molar-refractivity contribution in [2.45, 2.75) is 43.9 Å². The van der Waals surface area contributed by atoms with E-state index < -0.39 is 24.0 Å². The normalized spacial score (nSPS) is 37.1. The second-order valence-electron chi connectivity index (χ2n) is 6.64. The number of nitrogens with one attached hydrogen (secondary N) is 1. The molecule has 0 aromatic rings. The fourth-order valence-electron chi connectivity index (χ4n) is 4.00. The van der Waals surface area contributed by atoms with Gasteiger partial charge in [-0.1, -0.05) is 0 Å². The third kappa shape index (κ3) is 3.42. The van der Waals surface area contributed by atoms with Gasteiger partial charge in [0.1, 0.15) is 12.0 Å². The summed E-state index contributed by atoms with van der Waals surface area (Å²) in [4.78, 5) is 25.9. The van der Waals surface area contributed by atoms with E-state index in [-0.39, 0.29) is 43.1 Å². The van der Waals surface area contributed by atoms with E-state index in [1.807, 2.05) is 5.32 Å². The van der Waals surface area contributed by atoms with Gasteiger partial charge in [0.2, 0.25) is 11.8 Å². The van der Waals surface area contributed by atoms with Crippen LogP contribution in [-0.2, 0) is 9.59 Å². The van der Waals surface area contributed by atoms with Crippen LogP contribution in [0.1, 0.15) is 25.7 Å². The minimum atomic E-state index is -4.46. The number of amides is 2. The number of piperidine rings is 1. The number of nitrogens with zero attached hydrogens (tertiary/aromatic N) is 1. The van der Waals surface area contributed by atoms with E-state index in [9.17, 15) is 22.8 Å². The van der Waals surface area contributed by atoms with Crippen molar-refractivity contribution >= 4 is 24.2 Å². The smallest absolute Gasteiger partial charge is 0.344 e. The largest absolute Gasteiger partial charge is 0.408 e. The van der Waals surface area contributed by atoms with E-state index in [1.165, 1.54) is 0 Å². The standard InChI is InChI=1S/C14H20F3N3O2.ClH/c15-14(16,17)11-4-2-8(12(21)19-11)13(22)20-5-7-1-3-10(18)9(7)6-20;/h7-11H,1-6,18H2,(H,19,21);1H. The lowest BCUT2D eigenvalue weighted by molar-refractivity contribution is -0.172. The van der Waals surface area contributed by atoms with Crippen LogP contribution in [0.2, 0.25) is 0 Å². The molecule has 2 amide bonds. The molecule has 3 rings (SSSR count). The lowest BCUT2D eigenvalue weighted by Gasteiger charge is -2.32. The van der Waals surface area contributed by atoms with Crippen molar-refractivity contribution in [3.63, 3.8) is 0 Å². The third-order valence-electron chi connectivity index (χ3n) is 5.29. The van der Waals surface area contributed by atoms with E-state index >= 15 is 0 Å². The van der Waals surface area contributed by atoms with Crippen molar-refractivity contribution in [3.05, 3.63) is 0 Å². The molecule has 2 heterocycles. The molecule has 5 unspecified atom stereocenters. The number of fused-ring (bicyclic) bond motifs is 1. The van der Waals surface area contributed by atoms with E-state index in [4.69, 9.17) is 5.73 Å². The number of alkyl halides is 3. The summed E-state index contributed by atoms with van der Waals surface area (Å²) in [6.07, 6.45) is -2.82. The van der Waals surface area contributed by atoms with Crippen molar-refractivity contribution in [1.29, 1.82) is 0 Å². The van der Waals surface area contributed by atoms with E-state index in [0.29, 0.717) is 19.0 Å². The lowest BCUT2D eigenvalue weighted by Crippen LogP contribution is -2.54. The lowest BCUT2D eigenvalue weighted by atomic mass is 9.92. The van der Waals surface area contributed by atoms with Gasteiger partial charge in [-0.2, -0.15) is 13.2 Å². The molecule has 1 saturated carbocycles. The van der Waals surface area contributed by atoms with Crippen LogP contribution in [0.15, 0.2) is 0 Å². The average Bonchev–Trinajstić information content (AvgIpc) is 3.00. The van der Waals surface area contributed by atoms with Gasteiger partial charge in [0, 0.05) is 19.1 Å². The Morgan fingerprint density at radius 1 is 1.17 bits per heavy atom. The van der Waals surface area contributed by atoms with Crippen LogP contribution in [0.25, 0.3) is 0 Å². The van der Waals surface area contributed by atoms with Crippen LogP contribution in [0.5, 0.6) is 0 Å². The summed E-state index contributed by atoms with van der Waals surface area (Å²) >= 11 is 0. The molecule has 0 radical (unpaired) electrons. The summed E-state index contributed by atoms with van der Waals surface area (Å²) in [6, 6.07) is -1.76. The number of carbonyl (C=O) groups excluding carboxylic acids is 2. The van der Waals surface area contributed by atoms with Crippen LogP contribution in [-0.4, -0.2) is 48.1 Å². The Labute approximate surface area is 138 Å². The SMILES string of the molecule is Cl.NC1CCC2CN(C(=O)C3CCC(C(F)(F)F)NC3=O)CC12. The predicted molar refractivity (Wildman–Crippen MR) is 78.7 cm³/mol. The first kappa shape index (κ1) is 18.3. The molecule has 23 heavy (non-hydrogen) atoms. The minimum Gasteiger partial charge on any atom is -0.344 e. The monoisotopic (exact) mass is 355 g/mol. The maximum absolute atomic E-state index is 12.6. The molecule has 2 aliphatic heterocycles. The average molecular weight is 356 g/mol. The molecule has 3 fully saturated rings. The second kappa shape index (κ2) is 6.47. The number of nitrogens with two attached hydrogens (primary N) is 1. The van der Waals surface area contributed by atoms with Crippen molar-refractivity contribution in [2.75, 3.05) is 13.1 Å². The van der Waals surface area contributed by atoms with Crippen molar-refractivity contribution < 1.29 is 22.8 Å². The molecular formula is C14H21ClF3N3O2. The first-order valence-corrected chi connectivity index (χ1v) is 7.69. The van der Waals surface area contributed by atoms with Crippen LogP contribution in [0, 0.1) is 17.8 Å². The van der Waals surface area contributed by atoms with Crippen LogP contribution in [0.4, 0.5) is 13.2 Å². The van der Waals surface area contributed by atoms with Crippen molar-refractivity contribution in [2.24, 2.45) is 23.5 Å². The summed E-state index contributed by atoms with van der Waals surface area (Å²) in [6.45, 7) is 1.10. The molecule has 5 nitrogen and oxygen atoms in total. The zero-order chi connectivity index (χ0) is 16.1. The molecule has 2 saturated heterocycles. The molecule has 132 valence electrons. The highest BCUT2D eigenvalue weighted by Gasteiger charge is 2.49. The quantitative estimate of drug-likeness (QED) is 0.691. The minimum absolute atomic E-state index is 0. The van der Waals surface area contributed by atoms with Gasteiger partial charge in [0.25, 0.3) is 0 Å². The van der Waals surface area contributed by atoms with Gasteiger partial charge in [-0.05, 0) is 37.5 Å². The Morgan fingerprint density at radius 3 is 2.43 bits per heavy atom. The molecule has 0 spiro atoms. The maximum atomic E-state index is 12.6. The topological polar surface area (TPSA) is 75.4 Å². The Bertz CT molecular complexity index is 488. The zero-order valence-corrected chi connectivity index (χ0v) is 13.3. The van der Waals surface area contributed by atoms with E-state index in [1.54, 1.807) is 4.90 Å². The number of likely N-dealkylation sites (tertiary alicyclic amines) is 1. The fourth-order valence-corrected chi connectivity index (χ4v) is 4.00. The molecule has 9 heteroatoms. The summed E-state index contributed by atoms with van der Waals surface area (Å²) < 4.78 is 37.9. The highest BCUT2D eigenvalue weighted by Crippen LogP contribution is 2.38. The zero-order valence-electron chi connectivity index (χ0n) is 12.5. The van der Waals surface area contributed by atoms with Crippen molar-refractivity contribution in [1.82, 2.24) is 10.2 Å². The first-order chi connectivity index (χ1) is 10.3. The Morgan fingerprint density at radius 2 is 1.87 bits per heavy atom. The third-order valence-corrected chi connectivity index (χ3v) is 5.29. The van der Waals surface area contributed by atoms with E-state index in [2.05, 4.69) is 0 Å². The van der Waals surface area contributed by atoms with Gasteiger partial charge in [-0.15, -0.1) is 12.4 Å². The molecule has 0 aromatic carbocycles. The Balaban J connectivity index is 0.00000192. The highest BCUT2D eigenvalue weighted by atomic mass is 35.5. The molecule has 1 aliphatic carbocycles. The van der Waals surface area contributed by atoms with Gasteiger partial charge >= 0.3 is 6.18 Å². The van der Waals surface area contributed by atoms with Gasteiger partial charge in [-0.3, -0.25) is 9.59 Å². The molecular weight excluding hydrogens is 335 g/mol. The molecule has 3 aliphatic rings. The van der Waals surface area contributed by atoms with Gasteiger partial charge in [0.15, 0.2) is 0 Å². The van der Waals surface area contributed by atoms with Gasteiger partial charge in [-0.25, -0.2) is 0 Å². The van der Waals surface area contributed by atoms with Crippen LogP contribution >= 0.6 is 12.4 Å². The van der Waals surface area contributed by atoms with Crippen LogP contribution < -0.4 is 11.1 Å². The van der Waals surface area contributed by atoms with Gasteiger partial charge < -0.3 is 16.0 Å². The molecule has 5 atom stereocenters. The summed E-state index contributed by atoms with van der Waals surface area (Å²) in [5, 5.41) is 1.93. The molecule has 0 bridgehead atoms. The summed E-state index contributed by atoms with van der Waals surface area (Å²) in [5.41, 5.74) is 6.01. The van der Waals surface area contributed by atoms with Crippen LogP contribution in [0.3, 0.4) is 0 Å². The maximum Gasteiger partial charge on any atom is 0.408 e. The number of hydrogen-bond donors (Lipinski definition) is 2. The molecule has 0 aromatic heterocycles.